The van der Waals surface area contributed by atoms with Crippen LogP contribution in [0.1, 0.15) is 10.1 Å². The van der Waals surface area contributed by atoms with Crippen molar-refractivity contribution in [2.24, 2.45) is 0 Å². The fraction of sp³-hybridized carbons (Fsp3) is 0.143. The second-order valence-corrected chi connectivity index (χ2v) is 8.85. The van der Waals surface area contributed by atoms with E-state index in [1.165, 1.54) is 50.0 Å². The molecule has 0 saturated carbocycles. The van der Waals surface area contributed by atoms with Crippen LogP contribution in [-0.2, 0) is 0 Å². The second-order valence-electron chi connectivity index (χ2n) is 6.13. The number of H-pyrrole nitrogens is 1. The number of hydrogen-bond donors (Lipinski definition) is 1. The van der Waals surface area contributed by atoms with Crippen molar-refractivity contribution >= 4 is 45.3 Å². The summed E-state index contributed by atoms with van der Waals surface area (Å²) >= 11 is 4.12. The minimum atomic E-state index is 0.621. The van der Waals surface area contributed by atoms with Crippen molar-refractivity contribution in [3.8, 4) is 11.1 Å². The summed E-state index contributed by atoms with van der Waals surface area (Å²) in [6.07, 6.45) is 0. The van der Waals surface area contributed by atoms with Crippen molar-refractivity contribution in [3.63, 3.8) is 0 Å². The van der Waals surface area contributed by atoms with E-state index in [-0.39, 0.29) is 0 Å². The van der Waals surface area contributed by atoms with Crippen LogP contribution < -0.4 is 0 Å². The van der Waals surface area contributed by atoms with Gasteiger partial charge in [0.1, 0.15) is 0 Å². The predicted molar refractivity (Wildman–Crippen MR) is 109 cm³/mol. The number of nitrogens with one attached hydrogen (secondary N) is 1. The zero-order valence-electron chi connectivity index (χ0n) is 13.2. The molecule has 1 aliphatic rings. The van der Waals surface area contributed by atoms with Gasteiger partial charge in [-0.1, -0.05) is 48.5 Å². The van der Waals surface area contributed by atoms with Gasteiger partial charge in [-0.25, -0.2) is 0 Å². The Kier molecular flexibility index (Phi) is 3.57. The lowest BCUT2D eigenvalue weighted by molar-refractivity contribution is 1.39. The van der Waals surface area contributed by atoms with E-state index >= 15 is 0 Å². The van der Waals surface area contributed by atoms with E-state index in [0.717, 1.165) is 0 Å². The molecule has 118 valence electrons. The van der Waals surface area contributed by atoms with Crippen molar-refractivity contribution in [1.82, 2.24) is 4.98 Å². The summed E-state index contributed by atoms with van der Waals surface area (Å²) in [7, 11) is 0. The smallest absolute Gasteiger partial charge is 0.0751 e. The molecule has 1 nitrogen and oxygen atoms in total. The number of aromatic nitrogens is 1. The third-order valence-electron chi connectivity index (χ3n) is 4.64. The Labute approximate surface area is 149 Å². The van der Waals surface area contributed by atoms with Gasteiger partial charge >= 0.3 is 0 Å². The van der Waals surface area contributed by atoms with Crippen LogP contribution in [0, 0.1) is 0 Å². The zero-order chi connectivity index (χ0) is 15.9. The summed E-state index contributed by atoms with van der Waals surface area (Å²) in [4.78, 5) is 3.50. The molecule has 24 heavy (non-hydrogen) atoms. The fourth-order valence-corrected chi connectivity index (χ4v) is 6.27. The highest BCUT2D eigenvalue weighted by atomic mass is 32.2. The van der Waals surface area contributed by atoms with E-state index < -0.39 is 0 Å². The van der Waals surface area contributed by atoms with Gasteiger partial charge in [-0.05, 0) is 34.9 Å². The number of aromatic amines is 1. The van der Waals surface area contributed by atoms with Crippen molar-refractivity contribution in [3.05, 3.63) is 72.3 Å². The maximum absolute atomic E-state index is 3.50. The number of rotatable bonds is 2. The molecule has 0 amide bonds. The summed E-state index contributed by atoms with van der Waals surface area (Å²) < 4.78 is 0.621. The average Bonchev–Trinajstić information content (AvgIpc) is 3.29. The van der Waals surface area contributed by atoms with Crippen LogP contribution >= 0.6 is 23.5 Å². The average molecular weight is 348 g/mol. The maximum atomic E-state index is 3.50. The molecule has 3 aromatic carbocycles. The largest absolute Gasteiger partial charge is 0.355 e. The van der Waals surface area contributed by atoms with Gasteiger partial charge in [0.05, 0.1) is 4.58 Å². The molecule has 4 aromatic rings. The topological polar surface area (TPSA) is 15.8 Å². The molecule has 0 atom stereocenters. The van der Waals surface area contributed by atoms with Crippen LogP contribution in [0.15, 0.2) is 66.7 Å². The second kappa shape index (κ2) is 5.91. The molecular weight excluding hydrogens is 330 g/mol. The first-order chi connectivity index (χ1) is 11.9. The molecule has 5 rings (SSSR count). The highest BCUT2D eigenvalue weighted by molar-refractivity contribution is 8.19. The van der Waals surface area contributed by atoms with Crippen LogP contribution in [0.5, 0.6) is 0 Å². The van der Waals surface area contributed by atoms with E-state index in [2.05, 4.69) is 95.2 Å². The molecule has 2 heterocycles. The van der Waals surface area contributed by atoms with Gasteiger partial charge in [0.15, 0.2) is 0 Å². The van der Waals surface area contributed by atoms with E-state index in [0.29, 0.717) is 4.58 Å². The SMILES string of the molecule is c1ccc2c(c1)[nH]c1ccc(-c3ccc(C4SCCS4)cc3)cc12. The fourth-order valence-electron chi connectivity index (χ4n) is 3.41. The van der Waals surface area contributed by atoms with Gasteiger partial charge in [0.2, 0.25) is 0 Å². The first kappa shape index (κ1) is 14.5. The minimum absolute atomic E-state index is 0.621. The van der Waals surface area contributed by atoms with E-state index in [1.54, 1.807) is 0 Å². The number of fused-ring (bicyclic) bond motifs is 3. The predicted octanol–water partition coefficient (Wildman–Crippen LogP) is 6.47. The monoisotopic (exact) mass is 347 g/mol. The quantitative estimate of drug-likeness (QED) is 0.447. The Morgan fingerprint density at radius 1 is 0.708 bits per heavy atom. The van der Waals surface area contributed by atoms with Crippen LogP contribution in [0.2, 0.25) is 0 Å². The van der Waals surface area contributed by atoms with Crippen LogP contribution in [0.3, 0.4) is 0 Å². The standard InChI is InChI=1S/C21H17NS2/c1-2-4-19-17(3-1)18-13-16(9-10-20(18)22-19)14-5-7-15(8-6-14)21-23-11-12-24-21/h1-10,13,21-22H,11-12H2. The number of hydrogen-bond acceptors (Lipinski definition) is 2. The van der Waals surface area contributed by atoms with Gasteiger partial charge in [0, 0.05) is 33.3 Å². The summed E-state index contributed by atoms with van der Waals surface area (Å²) in [6, 6.07) is 24.4. The maximum Gasteiger partial charge on any atom is 0.0751 e. The highest BCUT2D eigenvalue weighted by Gasteiger charge is 2.18. The van der Waals surface area contributed by atoms with Crippen molar-refractivity contribution in [1.29, 1.82) is 0 Å². The molecule has 3 heteroatoms. The number of para-hydroxylation sites is 1. The third-order valence-corrected chi connectivity index (χ3v) is 7.75. The van der Waals surface area contributed by atoms with Crippen LogP contribution in [0.25, 0.3) is 32.9 Å². The molecule has 1 aliphatic heterocycles. The van der Waals surface area contributed by atoms with Gasteiger partial charge in [-0.3, -0.25) is 0 Å². The summed E-state index contributed by atoms with van der Waals surface area (Å²) in [6.45, 7) is 0. The van der Waals surface area contributed by atoms with Gasteiger partial charge in [-0.15, -0.1) is 23.5 Å². The first-order valence-corrected chi connectivity index (χ1v) is 10.3. The Hall–Kier alpha value is -1.84. The molecule has 1 saturated heterocycles. The summed E-state index contributed by atoms with van der Waals surface area (Å²) in [5, 5.41) is 2.60. The lowest BCUT2D eigenvalue weighted by atomic mass is 10.0. The molecule has 0 bridgehead atoms. The Morgan fingerprint density at radius 3 is 2.25 bits per heavy atom. The Morgan fingerprint density at radius 2 is 1.42 bits per heavy atom. The third kappa shape index (κ3) is 2.43. The number of benzene rings is 3. The normalized spacial score (nSPS) is 15.5. The molecule has 1 aromatic heterocycles. The van der Waals surface area contributed by atoms with Crippen LogP contribution in [0.4, 0.5) is 0 Å². The van der Waals surface area contributed by atoms with Gasteiger partial charge < -0.3 is 4.98 Å². The zero-order valence-corrected chi connectivity index (χ0v) is 14.8. The molecule has 0 unspecified atom stereocenters. The van der Waals surface area contributed by atoms with E-state index in [9.17, 15) is 0 Å². The lowest BCUT2D eigenvalue weighted by Crippen LogP contribution is -1.85. The summed E-state index contributed by atoms with van der Waals surface area (Å²) in [5.41, 5.74) is 6.43. The minimum Gasteiger partial charge on any atom is -0.355 e. The molecule has 0 aliphatic carbocycles. The van der Waals surface area contributed by atoms with Crippen molar-refractivity contribution in [2.45, 2.75) is 4.58 Å². The van der Waals surface area contributed by atoms with Crippen LogP contribution in [-0.4, -0.2) is 16.5 Å². The molecule has 1 N–H and O–H groups in total. The Balaban J connectivity index is 1.57. The van der Waals surface area contributed by atoms with Gasteiger partial charge in [0.25, 0.3) is 0 Å². The van der Waals surface area contributed by atoms with Gasteiger partial charge in [-0.2, -0.15) is 0 Å². The Bertz CT molecular complexity index is 1010. The molecule has 0 spiro atoms. The van der Waals surface area contributed by atoms with E-state index in [4.69, 9.17) is 0 Å². The van der Waals surface area contributed by atoms with Crippen molar-refractivity contribution < 1.29 is 0 Å². The van der Waals surface area contributed by atoms with E-state index in [1.807, 2.05) is 0 Å². The molecule has 1 fully saturated rings. The van der Waals surface area contributed by atoms with Crippen molar-refractivity contribution in [2.75, 3.05) is 11.5 Å². The molecule has 0 radical (unpaired) electrons. The molecular formula is C21H17NS2. The lowest BCUT2D eigenvalue weighted by Gasteiger charge is -2.09. The highest BCUT2D eigenvalue weighted by Crippen LogP contribution is 2.45. The summed E-state index contributed by atoms with van der Waals surface area (Å²) in [5.74, 6) is 2.54. The first-order valence-electron chi connectivity index (χ1n) is 8.22. The number of thioether (sulfide) groups is 2.